The summed E-state index contributed by atoms with van der Waals surface area (Å²) in [6.07, 6.45) is 4.02. The molecule has 164 valence electrons. The Hall–Kier alpha value is -3.29. The normalized spacial score (nSPS) is 18.2. The summed E-state index contributed by atoms with van der Waals surface area (Å²) in [6, 6.07) is 12.2. The van der Waals surface area contributed by atoms with Crippen LogP contribution in [0.1, 0.15) is 36.0 Å². The van der Waals surface area contributed by atoms with Gasteiger partial charge in [-0.15, -0.1) is 0 Å². The number of ether oxygens (including phenoxy) is 2. The van der Waals surface area contributed by atoms with Gasteiger partial charge < -0.3 is 19.3 Å². The molecule has 1 saturated heterocycles. The van der Waals surface area contributed by atoms with Gasteiger partial charge in [-0.25, -0.2) is 0 Å². The van der Waals surface area contributed by atoms with Gasteiger partial charge in [0.15, 0.2) is 17.6 Å². The van der Waals surface area contributed by atoms with Crippen molar-refractivity contribution in [2.24, 2.45) is 0 Å². The van der Waals surface area contributed by atoms with Crippen molar-refractivity contribution in [2.45, 2.75) is 31.8 Å². The predicted molar refractivity (Wildman–Crippen MR) is 117 cm³/mol. The van der Waals surface area contributed by atoms with E-state index in [1.54, 1.807) is 19.2 Å². The highest BCUT2D eigenvalue weighted by Gasteiger charge is 2.27. The lowest BCUT2D eigenvalue weighted by molar-refractivity contribution is -0.384. The largest absolute Gasteiger partial charge is 0.486 e. The number of anilines is 1. The minimum Gasteiger partial charge on any atom is -0.486 e. The summed E-state index contributed by atoms with van der Waals surface area (Å²) in [7, 11) is 1.67. The van der Waals surface area contributed by atoms with Crippen LogP contribution >= 0.6 is 0 Å². The third-order valence-corrected chi connectivity index (χ3v) is 5.76. The summed E-state index contributed by atoms with van der Waals surface area (Å²) in [5.74, 6) is 1.05. The Kier molecular flexibility index (Phi) is 6.25. The Morgan fingerprint density at radius 2 is 1.84 bits per heavy atom. The topological polar surface area (TPSA) is 85.2 Å². The van der Waals surface area contributed by atoms with Gasteiger partial charge in [0.2, 0.25) is 0 Å². The molecular weight excluding hydrogens is 398 g/mol. The number of fused-ring (bicyclic) bond motifs is 1. The minimum atomic E-state index is -0.397. The van der Waals surface area contributed by atoms with Crippen LogP contribution in [0.4, 0.5) is 11.4 Å². The van der Waals surface area contributed by atoms with E-state index in [1.165, 1.54) is 11.0 Å². The molecule has 2 aromatic carbocycles. The number of amides is 1. The van der Waals surface area contributed by atoms with Crippen LogP contribution in [0, 0.1) is 10.1 Å². The number of hydrogen-bond acceptors (Lipinski definition) is 6. The lowest BCUT2D eigenvalue weighted by Crippen LogP contribution is -2.41. The van der Waals surface area contributed by atoms with Crippen molar-refractivity contribution < 1.29 is 19.2 Å². The molecule has 2 aromatic rings. The van der Waals surface area contributed by atoms with E-state index in [9.17, 15) is 14.9 Å². The second kappa shape index (κ2) is 9.24. The molecule has 8 heteroatoms. The molecule has 1 amide bonds. The molecule has 1 unspecified atom stereocenters. The molecule has 4 rings (SSSR count). The third kappa shape index (κ3) is 4.73. The first kappa shape index (κ1) is 21.0. The first-order chi connectivity index (χ1) is 15.0. The monoisotopic (exact) mass is 425 g/mol. The summed E-state index contributed by atoms with van der Waals surface area (Å²) < 4.78 is 11.6. The standard InChI is InChI=1S/C23H27N3O5/c1-24(15-18-16-30-21-8-4-5-9-22(21)31-18)23(27)17-10-11-19(20(14-17)26(28)29)25-12-6-2-3-7-13-25/h4-5,8-11,14,18H,2-3,6-7,12-13,15-16H2,1H3. The Morgan fingerprint density at radius 1 is 1.13 bits per heavy atom. The van der Waals surface area contributed by atoms with E-state index in [-0.39, 0.29) is 17.7 Å². The first-order valence-electron chi connectivity index (χ1n) is 10.7. The van der Waals surface area contributed by atoms with E-state index in [1.807, 2.05) is 24.3 Å². The third-order valence-electron chi connectivity index (χ3n) is 5.76. The number of hydrogen-bond donors (Lipinski definition) is 0. The Morgan fingerprint density at radius 3 is 2.55 bits per heavy atom. The van der Waals surface area contributed by atoms with Crippen LogP contribution in [0.15, 0.2) is 42.5 Å². The van der Waals surface area contributed by atoms with Gasteiger partial charge in [0.05, 0.1) is 11.5 Å². The van der Waals surface area contributed by atoms with Gasteiger partial charge in [0.25, 0.3) is 11.6 Å². The van der Waals surface area contributed by atoms with Crippen LogP contribution in [-0.2, 0) is 0 Å². The van der Waals surface area contributed by atoms with Gasteiger partial charge in [-0.3, -0.25) is 14.9 Å². The fraction of sp³-hybridized carbons (Fsp3) is 0.435. The number of benzene rings is 2. The zero-order valence-electron chi connectivity index (χ0n) is 17.7. The fourth-order valence-electron chi connectivity index (χ4n) is 4.14. The number of para-hydroxylation sites is 2. The molecule has 0 spiro atoms. The van der Waals surface area contributed by atoms with Crippen molar-refractivity contribution in [1.29, 1.82) is 0 Å². The van der Waals surface area contributed by atoms with Crippen LogP contribution in [0.25, 0.3) is 0 Å². The van der Waals surface area contributed by atoms with Gasteiger partial charge >= 0.3 is 0 Å². The number of rotatable bonds is 5. The Bertz CT molecular complexity index is 956. The van der Waals surface area contributed by atoms with Crippen molar-refractivity contribution in [1.82, 2.24) is 4.90 Å². The summed E-state index contributed by atoms with van der Waals surface area (Å²) in [4.78, 5) is 27.9. The average molecular weight is 425 g/mol. The molecule has 2 heterocycles. The first-order valence-corrected chi connectivity index (χ1v) is 10.7. The molecule has 8 nitrogen and oxygen atoms in total. The SMILES string of the molecule is CN(CC1COc2ccccc2O1)C(=O)c1ccc(N2CCCCCC2)c([N+](=O)[O-])c1. The number of carbonyl (C=O) groups is 1. The molecule has 0 aliphatic carbocycles. The Labute approximate surface area is 181 Å². The maximum atomic E-state index is 13.0. The van der Waals surface area contributed by atoms with E-state index in [0.717, 1.165) is 38.8 Å². The van der Waals surface area contributed by atoms with Gasteiger partial charge in [0.1, 0.15) is 12.3 Å². The highest BCUT2D eigenvalue weighted by molar-refractivity contribution is 5.95. The summed E-state index contributed by atoms with van der Waals surface area (Å²) >= 11 is 0. The van der Waals surface area contributed by atoms with Crippen molar-refractivity contribution in [3.8, 4) is 11.5 Å². The number of carbonyl (C=O) groups excluding carboxylic acids is 1. The molecule has 0 radical (unpaired) electrons. The molecular formula is C23H27N3O5. The van der Waals surface area contributed by atoms with E-state index in [2.05, 4.69) is 4.90 Å². The van der Waals surface area contributed by atoms with Gasteiger partial charge in [0, 0.05) is 31.8 Å². The van der Waals surface area contributed by atoms with Crippen molar-refractivity contribution in [3.63, 3.8) is 0 Å². The number of nitro benzene ring substituents is 1. The number of nitro groups is 1. The Balaban J connectivity index is 1.47. The molecule has 2 aliphatic rings. The zero-order chi connectivity index (χ0) is 21.8. The average Bonchev–Trinajstić information content (AvgIpc) is 3.07. The summed E-state index contributed by atoms with van der Waals surface area (Å²) in [5.41, 5.74) is 0.865. The quantitative estimate of drug-likeness (QED) is 0.534. The lowest BCUT2D eigenvalue weighted by atomic mass is 10.1. The van der Waals surface area contributed by atoms with Crippen molar-refractivity contribution in [2.75, 3.05) is 38.2 Å². The lowest BCUT2D eigenvalue weighted by Gasteiger charge is -2.29. The van der Waals surface area contributed by atoms with Gasteiger partial charge in [-0.2, -0.15) is 0 Å². The van der Waals surface area contributed by atoms with E-state index in [0.29, 0.717) is 35.9 Å². The van der Waals surface area contributed by atoms with Crippen LogP contribution in [0.5, 0.6) is 11.5 Å². The molecule has 2 aliphatic heterocycles. The molecule has 0 aromatic heterocycles. The number of nitrogens with zero attached hydrogens (tertiary/aromatic N) is 3. The molecule has 1 atom stereocenters. The van der Waals surface area contributed by atoms with Gasteiger partial charge in [-0.05, 0) is 37.1 Å². The smallest absolute Gasteiger partial charge is 0.293 e. The minimum absolute atomic E-state index is 0.0210. The second-order valence-electron chi connectivity index (χ2n) is 8.05. The molecule has 0 N–H and O–H groups in total. The van der Waals surface area contributed by atoms with E-state index in [4.69, 9.17) is 9.47 Å². The summed E-state index contributed by atoms with van der Waals surface area (Å²) in [6.45, 7) is 2.25. The van der Waals surface area contributed by atoms with Crippen LogP contribution < -0.4 is 14.4 Å². The highest BCUT2D eigenvalue weighted by atomic mass is 16.6. The van der Waals surface area contributed by atoms with Crippen LogP contribution in [-0.4, -0.2) is 55.1 Å². The maximum absolute atomic E-state index is 13.0. The summed E-state index contributed by atoms with van der Waals surface area (Å²) in [5, 5.41) is 11.7. The van der Waals surface area contributed by atoms with E-state index >= 15 is 0 Å². The highest BCUT2D eigenvalue weighted by Crippen LogP contribution is 2.32. The molecule has 1 fully saturated rings. The van der Waals surface area contributed by atoms with Crippen LogP contribution in [0.3, 0.4) is 0 Å². The fourth-order valence-corrected chi connectivity index (χ4v) is 4.14. The maximum Gasteiger partial charge on any atom is 0.293 e. The van der Waals surface area contributed by atoms with Crippen LogP contribution in [0.2, 0.25) is 0 Å². The van der Waals surface area contributed by atoms with Crippen molar-refractivity contribution in [3.05, 3.63) is 58.1 Å². The molecule has 31 heavy (non-hydrogen) atoms. The number of likely N-dealkylation sites (N-methyl/N-ethyl adjacent to an activating group) is 1. The molecule has 0 saturated carbocycles. The predicted octanol–water partition coefficient (Wildman–Crippen LogP) is 3.89. The second-order valence-corrected chi connectivity index (χ2v) is 8.05. The van der Waals surface area contributed by atoms with Gasteiger partial charge in [-0.1, -0.05) is 25.0 Å². The van der Waals surface area contributed by atoms with Crippen molar-refractivity contribution >= 4 is 17.3 Å². The van der Waals surface area contributed by atoms with E-state index < -0.39 is 4.92 Å². The zero-order valence-corrected chi connectivity index (χ0v) is 17.7. The molecule has 0 bridgehead atoms.